The van der Waals surface area contributed by atoms with E-state index in [1.807, 2.05) is 36.7 Å². The van der Waals surface area contributed by atoms with Crippen molar-refractivity contribution >= 4 is 11.9 Å². The number of rotatable bonds is 6. The second-order valence-corrected chi connectivity index (χ2v) is 10.3. The summed E-state index contributed by atoms with van der Waals surface area (Å²) in [7, 11) is 0. The second-order valence-electron chi connectivity index (χ2n) is 10.3. The first-order chi connectivity index (χ1) is 19.1. The lowest BCUT2D eigenvalue weighted by Gasteiger charge is -2.28. The molecule has 7 heteroatoms. The van der Waals surface area contributed by atoms with Crippen LogP contribution in [0, 0.1) is 11.8 Å². The van der Waals surface area contributed by atoms with E-state index in [1.165, 1.54) is 16.7 Å². The number of aryl methyl sites for hydroxylation is 1. The van der Waals surface area contributed by atoms with Gasteiger partial charge in [-0.1, -0.05) is 66.5 Å². The summed E-state index contributed by atoms with van der Waals surface area (Å²) in [6, 6.07) is 17.0. The van der Waals surface area contributed by atoms with Crippen LogP contribution in [0.1, 0.15) is 57.6 Å². The highest BCUT2D eigenvalue weighted by Crippen LogP contribution is 2.28. The van der Waals surface area contributed by atoms with Gasteiger partial charge in [0.1, 0.15) is 5.60 Å². The molecule has 0 saturated heterocycles. The molecule has 6 N–H and O–H groups in total. The molecule has 1 aliphatic heterocycles. The van der Waals surface area contributed by atoms with E-state index >= 15 is 0 Å². The van der Waals surface area contributed by atoms with E-state index in [0.717, 1.165) is 18.4 Å². The number of hydrogen-bond donors (Lipinski definition) is 4. The van der Waals surface area contributed by atoms with Crippen LogP contribution < -0.4 is 16.8 Å². The third kappa shape index (κ3) is 10.6. The summed E-state index contributed by atoms with van der Waals surface area (Å²) in [5, 5.41) is 12.0. The Balaban J connectivity index is 0.000000227. The molecule has 212 valence electrons. The number of unbranched alkanes of at least 4 members (excludes halogenated alkanes) is 1. The van der Waals surface area contributed by atoms with E-state index in [2.05, 4.69) is 65.7 Å². The molecule has 4 rings (SSSR count). The zero-order valence-electron chi connectivity index (χ0n) is 23.7. The van der Waals surface area contributed by atoms with Crippen molar-refractivity contribution in [2.45, 2.75) is 64.0 Å². The molecule has 0 fully saturated rings. The number of carbonyl (C=O) groups excluding carboxylic acids is 1. The average Bonchev–Trinajstić information content (AvgIpc) is 3.23. The maximum atomic E-state index is 11.8. The first-order valence-corrected chi connectivity index (χ1v) is 13.4. The number of carboxylic acids is 1. The standard InChI is InChI=1S/C16H12.C11H22N2O4.C6H7N/c1-2-8-14-10-4-6-12-16(14)15-11-5-3-9-13(15)7-1;1-10(2,3)17-9(16)11(13,8(14)15)6-4-5-7-12;1-2-4-6-7-5-3-1/h3-6,9-12H,1,7H2;4-7,12-13H2,1-3H3,(H,14,15);1-7H. The van der Waals surface area contributed by atoms with Gasteiger partial charge in [-0.05, 0) is 87.9 Å². The summed E-state index contributed by atoms with van der Waals surface area (Å²) in [6.45, 7) is 5.41. The van der Waals surface area contributed by atoms with Crippen LogP contribution in [0.5, 0.6) is 0 Å². The molecule has 1 atom stereocenters. The predicted octanol–water partition coefficient (Wildman–Crippen LogP) is 5.06. The Morgan fingerprint density at radius 2 is 1.57 bits per heavy atom. The van der Waals surface area contributed by atoms with Crippen LogP contribution in [0.3, 0.4) is 0 Å². The monoisotopic (exact) mass is 543 g/mol. The Kier molecular flexibility index (Phi) is 12.9. The van der Waals surface area contributed by atoms with Crippen molar-refractivity contribution in [2.24, 2.45) is 11.5 Å². The number of esters is 1. The minimum absolute atomic E-state index is 0.0223. The number of hydrogen-bond acceptors (Lipinski definition) is 6. The maximum Gasteiger partial charge on any atom is 0.338 e. The molecular formula is C33H41N3O4. The molecular weight excluding hydrogens is 502 g/mol. The number of benzene rings is 2. The topological polar surface area (TPSA) is 128 Å². The highest BCUT2D eigenvalue weighted by molar-refractivity contribution is 6.03. The normalized spacial score (nSPS) is 14.2. The Morgan fingerprint density at radius 1 is 0.950 bits per heavy atom. The van der Waals surface area contributed by atoms with Crippen LogP contribution in [0.4, 0.5) is 0 Å². The van der Waals surface area contributed by atoms with Gasteiger partial charge in [0.2, 0.25) is 5.54 Å². The van der Waals surface area contributed by atoms with E-state index in [0.29, 0.717) is 19.4 Å². The number of carbonyl (C=O) groups is 2. The largest absolute Gasteiger partial charge is 0.479 e. The molecule has 2 aromatic rings. The number of fused-ring (bicyclic) bond motifs is 3. The van der Waals surface area contributed by atoms with Gasteiger partial charge in [-0.25, -0.2) is 9.59 Å². The number of nitrogens with one attached hydrogen (secondary N) is 1. The zero-order valence-corrected chi connectivity index (χ0v) is 23.7. The fourth-order valence-electron chi connectivity index (χ4n) is 3.80. The van der Waals surface area contributed by atoms with Crippen LogP contribution in [-0.2, 0) is 20.7 Å². The molecule has 2 aromatic carbocycles. The summed E-state index contributed by atoms with van der Waals surface area (Å²) >= 11 is 0. The number of allylic oxidation sites excluding steroid dienone is 4. The fourth-order valence-corrected chi connectivity index (χ4v) is 3.80. The van der Waals surface area contributed by atoms with Crippen LogP contribution in [-0.4, -0.2) is 34.7 Å². The van der Waals surface area contributed by atoms with Crippen molar-refractivity contribution in [1.82, 2.24) is 5.32 Å². The maximum absolute atomic E-state index is 11.8. The van der Waals surface area contributed by atoms with E-state index in [9.17, 15) is 9.59 Å². The molecule has 0 saturated carbocycles. The Bertz CT molecular complexity index is 1260. The summed E-state index contributed by atoms with van der Waals surface area (Å²) in [5.41, 5.74) is 13.3. The molecule has 40 heavy (non-hydrogen) atoms. The van der Waals surface area contributed by atoms with Gasteiger partial charge < -0.3 is 26.6 Å². The lowest BCUT2D eigenvalue weighted by Crippen LogP contribution is -2.57. The summed E-state index contributed by atoms with van der Waals surface area (Å²) < 4.78 is 5.02. The van der Waals surface area contributed by atoms with E-state index in [-0.39, 0.29) is 6.42 Å². The van der Waals surface area contributed by atoms with Crippen molar-refractivity contribution < 1.29 is 19.4 Å². The Morgan fingerprint density at radius 3 is 2.20 bits per heavy atom. The first kappa shape index (κ1) is 32.1. The number of aliphatic carboxylic acids is 1. The molecule has 1 aliphatic carbocycles. The third-order valence-electron chi connectivity index (χ3n) is 5.87. The number of nitrogens with two attached hydrogens (primary N) is 2. The highest BCUT2D eigenvalue weighted by atomic mass is 16.6. The van der Waals surface area contributed by atoms with Gasteiger partial charge in [-0.3, -0.25) is 0 Å². The number of carboxylic acid groups (broad SMARTS) is 1. The predicted molar refractivity (Wildman–Crippen MR) is 161 cm³/mol. The Hall–Kier alpha value is -4.12. The van der Waals surface area contributed by atoms with Crippen molar-refractivity contribution in [3.05, 3.63) is 96.4 Å². The number of ether oxygens (including phenoxy) is 1. The van der Waals surface area contributed by atoms with Gasteiger partial charge in [0.15, 0.2) is 0 Å². The molecule has 7 nitrogen and oxygen atoms in total. The van der Waals surface area contributed by atoms with E-state index < -0.39 is 23.1 Å². The molecule has 1 heterocycles. The summed E-state index contributed by atoms with van der Waals surface area (Å²) in [5.74, 6) is 4.21. The molecule has 0 amide bonds. The van der Waals surface area contributed by atoms with Crippen molar-refractivity contribution in [1.29, 1.82) is 0 Å². The average molecular weight is 544 g/mol. The van der Waals surface area contributed by atoms with Gasteiger partial charge in [0.05, 0.1) is 0 Å². The van der Waals surface area contributed by atoms with E-state index in [4.69, 9.17) is 21.3 Å². The molecule has 0 bridgehead atoms. The van der Waals surface area contributed by atoms with Crippen molar-refractivity contribution in [3.8, 4) is 23.0 Å². The van der Waals surface area contributed by atoms with Gasteiger partial charge in [-0.2, -0.15) is 0 Å². The third-order valence-corrected chi connectivity index (χ3v) is 5.87. The Labute approximate surface area is 238 Å². The summed E-state index contributed by atoms with van der Waals surface area (Å²) in [6.07, 6.45) is 14.7. The molecule has 0 spiro atoms. The highest BCUT2D eigenvalue weighted by Gasteiger charge is 2.44. The smallest absolute Gasteiger partial charge is 0.338 e. The summed E-state index contributed by atoms with van der Waals surface area (Å²) in [4.78, 5) is 22.8. The quantitative estimate of drug-likeness (QED) is 0.173. The minimum Gasteiger partial charge on any atom is -0.479 e. The minimum atomic E-state index is -1.98. The van der Waals surface area contributed by atoms with Crippen LogP contribution in [0.2, 0.25) is 0 Å². The first-order valence-electron chi connectivity index (χ1n) is 13.4. The van der Waals surface area contributed by atoms with Gasteiger partial charge >= 0.3 is 11.9 Å². The SMILES string of the molecule is C1#Cc2ccccc2-c2ccccc2CC1.C1=CC=CNC=C1.CC(C)(C)OC(=O)C(N)(CCCCN)C(=O)O. The van der Waals surface area contributed by atoms with Gasteiger partial charge in [-0.15, -0.1) is 0 Å². The fraction of sp³-hybridized carbons (Fsp3) is 0.333. The van der Waals surface area contributed by atoms with Crippen LogP contribution in [0.25, 0.3) is 11.1 Å². The zero-order chi connectivity index (χ0) is 29.4. The van der Waals surface area contributed by atoms with Crippen LogP contribution >= 0.6 is 0 Å². The molecule has 0 radical (unpaired) electrons. The van der Waals surface area contributed by atoms with Crippen molar-refractivity contribution in [3.63, 3.8) is 0 Å². The van der Waals surface area contributed by atoms with Gasteiger partial charge in [0, 0.05) is 24.4 Å². The second kappa shape index (κ2) is 16.1. The lowest BCUT2D eigenvalue weighted by molar-refractivity contribution is -0.169. The lowest BCUT2D eigenvalue weighted by atomic mass is 9.92. The molecule has 1 unspecified atom stereocenters. The van der Waals surface area contributed by atoms with Crippen LogP contribution in [0.15, 0.2) is 85.2 Å². The molecule has 2 aliphatic rings. The van der Waals surface area contributed by atoms with Gasteiger partial charge in [0.25, 0.3) is 0 Å². The molecule has 0 aromatic heterocycles. The van der Waals surface area contributed by atoms with E-state index in [1.54, 1.807) is 20.8 Å². The van der Waals surface area contributed by atoms with Crippen molar-refractivity contribution in [2.75, 3.05) is 6.54 Å².